The molecule has 0 spiro atoms. The van der Waals surface area contributed by atoms with Crippen LogP contribution in [-0.2, 0) is 11.2 Å². The third-order valence-corrected chi connectivity index (χ3v) is 4.54. The largest absolute Gasteiger partial charge is 0.497 e. The molecular formula is C19H23N7O2. The summed E-state index contributed by atoms with van der Waals surface area (Å²) in [5.41, 5.74) is 3.70. The Morgan fingerprint density at radius 1 is 1.07 bits per heavy atom. The van der Waals surface area contributed by atoms with Gasteiger partial charge in [-0.15, -0.1) is 0 Å². The predicted octanol–water partition coefficient (Wildman–Crippen LogP) is 2.56. The average Bonchev–Trinajstić information content (AvgIpc) is 3.35. The van der Waals surface area contributed by atoms with Gasteiger partial charge in [-0.25, -0.2) is 4.98 Å². The Morgan fingerprint density at radius 2 is 2.00 bits per heavy atom. The summed E-state index contributed by atoms with van der Waals surface area (Å²) >= 11 is 0. The summed E-state index contributed by atoms with van der Waals surface area (Å²) in [5.74, 6) is 2.09. The zero-order valence-corrected chi connectivity index (χ0v) is 15.9. The highest BCUT2D eigenvalue weighted by Crippen LogP contribution is 2.24. The lowest BCUT2D eigenvalue weighted by Gasteiger charge is -2.09. The van der Waals surface area contributed by atoms with Gasteiger partial charge in [-0.1, -0.05) is 0 Å². The Balaban J connectivity index is 1.47. The monoisotopic (exact) mass is 381 g/mol. The summed E-state index contributed by atoms with van der Waals surface area (Å²) in [6, 6.07) is 6.02. The number of ether oxygens (including phenoxy) is 2. The number of rotatable bonds is 9. The summed E-state index contributed by atoms with van der Waals surface area (Å²) in [7, 11) is 3.34. The van der Waals surface area contributed by atoms with Crippen molar-refractivity contribution in [2.75, 3.05) is 44.5 Å². The normalized spacial score (nSPS) is 11.2. The van der Waals surface area contributed by atoms with Gasteiger partial charge in [-0.2, -0.15) is 9.97 Å². The Hall–Kier alpha value is -3.33. The van der Waals surface area contributed by atoms with Crippen LogP contribution in [0.15, 0.2) is 30.7 Å². The molecule has 4 rings (SSSR count). The molecule has 0 bridgehead atoms. The van der Waals surface area contributed by atoms with Gasteiger partial charge in [0, 0.05) is 37.3 Å². The van der Waals surface area contributed by atoms with E-state index in [0.29, 0.717) is 37.1 Å². The van der Waals surface area contributed by atoms with Gasteiger partial charge in [0.05, 0.1) is 20.0 Å². The molecule has 4 aromatic rings. The van der Waals surface area contributed by atoms with E-state index >= 15 is 0 Å². The van der Waals surface area contributed by atoms with Crippen molar-refractivity contribution in [2.24, 2.45) is 0 Å². The van der Waals surface area contributed by atoms with E-state index < -0.39 is 0 Å². The molecule has 146 valence electrons. The molecule has 28 heavy (non-hydrogen) atoms. The van der Waals surface area contributed by atoms with E-state index in [4.69, 9.17) is 9.47 Å². The number of nitrogens with one attached hydrogen (secondary N) is 4. The second kappa shape index (κ2) is 8.13. The topological polar surface area (TPSA) is 113 Å². The van der Waals surface area contributed by atoms with E-state index in [2.05, 4.69) is 35.6 Å². The number of hydrogen-bond acceptors (Lipinski definition) is 7. The number of fused-ring (bicyclic) bond motifs is 2. The van der Waals surface area contributed by atoms with Crippen molar-refractivity contribution in [3.8, 4) is 5.75 Å². The summed E-state index contributed by atoms with van der Waals surface area (Å²) < 4.78 is 10.4. The molecule has 0 aliphatic carbocycles. The van der Waals surface area contributed by atoms with Crippen LogP contribution in [0, 0.1) is 0 Å². The minimum atomic E-state index is 0.539. The molecule has 9 heteroatoms. The van der Waals surface area contributed by atoms with Crippen LogP contribution >= 0.6 is 0 Å². The maximum atomic E-state index is 5.33. The molecule has 0 aliphatic heterocycles. The molecular weight excluding hydrogens is 358 g/mol. The van der Waals surface area contributed by atoms with Crippen molar-refractivity contribution >= 4 is 33.8 Å². The number of H-pyrrole nitrogens is 2. The van der Waals surface area contributed by atoms with Gasteiger partial charge in [0.25, 0.3) is 0 Å². The van der Waals surface area contributed by atoms with E-state index in [9.17, 15) is 0 Å². The lowest BCUT2D eigenvalue weighted by Crippen LogP contribution is -2.12. The lowest BCUT2D eigenvalue weighted by atomic mass is 10.1. The second-order valence-corrected chi connectivity index (χ2v) is 6.32. The van der Waals surface area contributed by atoms with Crippen molar-refractivity contribution in [3.63, 3.8) is 0 Å². The minimum Gasteiger partial charge on any atom is -0.497 e. The Bertz CT molecular complexity index is 1070. The molecule has 0 saturated carbocycles. The quantitative estimate of drug-likeness (QED) is 0.330. The minimum absolute atomic E-state index is 0.539. The molecule has 0 aliphatic rings. The number of aromatic amines is 2. The van der Waals surface area contributed by atoms with E-state index in [1.807, 2.05) is 24.4 Å². The van der Waals surface area contributed by atoms with E-state index in [1.54, 1.807) is 20.5 Å². The van der Waals surface area contributed by atoms with Crippen LogP contribution in [0.4, 0.5) is 11.8 Å². The average molecular weight is 381 g/mol. The van der Waals surface area contributed by atoms with Crippen LogP contribution in [-0.4, -0.2) is 58.8 Å². The van der Waals surface area contributed by atoms with Gasteiger partial charge >= 0.3 is 0 Å². The molecule has 3 aromatic heterocycles. The van der Waals surface area contributed by atoms with E-state index in [-0.39, 0.29) is 0 Å². The molecule has 0 fully saturated rings. The number of hydrogen-bond donors (Lipinski definition) is 4. The van der Waals surface area contributed by atoms with Crippen LogP contribution in [0.25, 0.3) is 22.1 Å². The molecule has 1 aromatic carbocycles. The molecule has 0 atom stereocenters. The molecule has 9 nitrogen and oxygen atoms in total. The molecule has 0 radical (unpaired) electrons. The number of anilines is 2. The van der Waals surface area contributed by atoms with Gasteiger partial charge in [0.2, 0.25) is 5.95 Å². The third-order valence-electron chi connectivity index (χ3n) is 4.54. The van der Waals surface area contributed by atoms with Crippen molar-refractivity contribution in [3.05, 3.63) is 36.3 Å². The number of methoxy groups -OCH3 is 2. The van der Waals surface area contributed by atoms with Crippen molar-refractivity contribution in [2.45, 2.75) is 6.42 Å². The first-order chi connectivity index (χ1) is 13.8. The van der Waals surface area contributed by atoms with Gasteiger partial charge in [0.15, 0.2) is 11.5 Å². The summed E-state index contributed by atoms with van der Waals surface area (Å²) in [4.78, 5) is 19.6. The fourth-order valence-corrected chi connectivity index (χ4v) is 3.11. The highest BCUT2D eigenvalue weighted by Gasteiger charge is 2.10. The van der Waals surface area contributed by atoms with Crippen LogP contribution in [0.2, 0.25) is 0 Å². The van der Waals surface area contributed by atoms with E-state index in [0.717, 1.165) is 28.6 Å². The summed E-state index contributed by atoms with van der Waals surface area (Å²) in [5, 5.41) is 7.71. The predicted molar refractivity (Wildman–Crippen MR) is 109 cm³/mol. The zero-order chi connectivity index (χ0) is 19.3. The van der Waals surface area contributed by atoms with Gasteiger partial charge in [-0.05, 0) is 30.2 Å². The molecule has 0 unspecified atom stereocenters. The first-order valence-electron chi connectivity index (χ1n) is 9.10. The summed E-state index contributed by atoms with van der Waals surface area (Å²) in [6.45, 7) is 1.93. The Morgan fingerprint density at radius 3 is 2.86 bits per heavy atom. The molecule has 0 saturated heterocycles. The van der Waals surface area contributed by atoms with Crippen molar-refractivity contribution < 1.29 is 9.47 Å². The van der Waals surface area contributed by atoms with Crippen molar-refractivity contribution in [1.82, 2.24) is 24.9 Å². The van der Waals surface area contributed by atoms with Crippen LogP contribution < -0.4 is 15.4 Å². The standard InChI is InChI=1S/C19H23N7O2/c1-27-8-7-20-17-16-18(24-11-23-16)26-19(25-17)21-6-5-12-10-22-15-4-3-13(28-2)9-14(12)15/h3-4,9-11,22H,5-8H2,1-2H3,(H3,20,21,23,24,25,26). The Labute approximate surface area is 161 Å². The maximum Gasteiger partial charge on any atom is 0.226 e. The number of nitrogens with zero attached hydrogens (tertiary/aromatic N) is 3. The van der Waals surface area contributed by atoms with Gasteiger partial charge in [-0.3, -0.25) is 0 Å². The molecule has 0 amide bonds. The van der Waals surface area contributed by atoms with Gasteiger partial charge in [0.1, 0.15) is 11.3 Å². The lowest BCUT2D eigenvalue weighted by molar-refractivity contribution is 0.210. The first-order valence-corrected chi connectivity index (χ1v) is 9.10. The second-order valence-electron chi connectivity index (χ2n) is 6.32. The van der Waals surface area contributed by atoms with Crippen LogP contribution in [0.1, 0.15) is 5.56 Å². The number of imidazole rings is 1. The maximum absolute atomic E-state index is 5.33. The van der Waals surface area contributed by atoms with E-state index in [1.165, 1.54) is 5.56 Å². The number of aromatic nitrogens is 5. The summed E-state index contributed by atoms with van der Waals surface area (Å²) in [6.07, 6.45) is 4.47. The fraction of sp³-hybridized carbons (Fsp3) is 0.316. The third kappa shape index (κ3) is 3.70. The fourth-order valence-electron chi connectivity index (χ4n) is 3.11. The highest BCUT2D eigenvalue weighted by molar-refractivity contribution is 5.85. The smallest absolute Gasteiger partial charge is 0.226 e. The number of benzene rings is 1. The van der Waals surface area contributed by atoms with Crippen molar-refractivity contribution in [1.29, 1.82) is 0 Å². The molecule has 4 N–H and O–H groups in total. The SMILES string of the molecule is COCCNc1nc(NCCc2c[nH]c3ccc(OC)cc23)nc2nc[nH]c12. The molecule has 3 heterocycles. The zero-order valence-electron chi connectivity index (χ0n) is 15.9. The van der Waals surface area contributed by atoms with Gasteiger partial charge < -0.3 is 30.1 Å². The van der Waals surface area contributed by atoms with Crippen LogP contribution in [0.3, 0.4) is 0 Å². The van der Waals surface area contributed by atoms with Crippen LogP contribution in [0.5, 0.6) is 5.75 Å². The highest BCUT2D eigenvalue weighted by atomic mass is 16.5. The Kier molecular flexibility index (Phi) is 5.24. The first kappa shape index (κ1) is 18.1.